The predicted octanol–water partition coefficient (Wildman–Crippen LogP) is 2.94. The van der Waals surface area contributed by atoms with Crippen LogP contribution in [0.4, 0.5) is 5.69 Å². The molecule has 2 bridgehead atoms. The summed E-state index contributed by atoms with van der Waals surface area (Å²) in [5.41, 5.74) is 0.985. The van der Waals surface area contributed by atoms with Gasteiger partial charge in [0.25, 0.3) is 0 Å². The molecule has 1 aromatic rings. The SMILES string of the molecule is CCCOC(=O)c1ccc(NC(=O)[C@H]2[C@H]3CC[C@@H](C3)[C@H]2C(=O)O)cc1. The Balaban J connectivity index is 1.65. The van der Waals surface area contributed by atoms with E-state index in [9.17, 15) is 19.5 Å². The summed E-state index contributed by atoms with van der Waals surface area (Å²) < 4.78 is 5.06. The monoisotopic (exact) mass is 345 g/mol. The molecular formula is C19H23NO5. The number of aliphatic carboxylic acids is 1. The van der Waals surface area contributed by atoms with Crippen LogP contribution in [0.3, 0.4) is 0 Å². The van der Waals surface area contributed by atoms with Gasteiger partial charge in [0, 0.05) is 5.69 Å². The second kappa shape index (κ2) is 7.25. The first-order valence-electron chi connectivity index (χ1n) is 8.82. The maximum Gasteiger partial charge on any atom is 0.338 e. The molecule has 2 aliphatic carbocycles. The van der Waals surface area contributed by atoms with Gasteiger partial charge in [0.1, 0.15) is 0 Å². The summed E-state index contributed by atoms with van der Waals surface area (Å²) in [6, 6.07) is 6.49. The number of nitrogens with one attached hydrogen (secondary N) is 1. The third-order valence-electron chi connectivity index (χ3n) is 5.33. The average molecular weight is 345 g/mol. The third-order valence-corrected chi connectivity index (χ3v) is 5.33. The molecule has 0 aliphatic heterocycles. The van der Waals surface area contributed by atoms with Crippen LogP contribution < -0.4 is 5.32 Å². The molecule has 2 fully saturated rings. The molecule has 0 aromatic heterocycles. The summed E-state index contributed by atoms with van der Waals surface area (Å²) in [4.78, 5) is 35.9. The maximum absolute atomic E-state index is 12.6. The summed E-state index contributed by atoms with van der Waals surface area (Å²) in [6.45, 7) is 2.30. The van der Waals surface area contributed by atoms with Gasteiger partial charge in [-0.2, -0.15) is 0 Å². The number of hydrogen-bond donors (Lipinski definition) is 2. The number of esters is 1. The van der Waals surface area contributed by atoms with Gasteiger partial charge in [-0.25, -0.2) is 4.79 Å². The molecule has 0 radical (unpaired) electrons. The third kappa shape index (κ3) is 3.52. The molecule has 25 heavy (non-hydrogen) atoms. The quantitative estimate of drug-likeness (QED) is 0.773. The Morgan fingerprint density at radius 3 is 2.36 bits per heavy atom. The minimum atomic E-state index is -0.874. The maximum atomic E-state index is 12.6. The van der Waals surface area contributed by atoms with Gasteiger partial charge < -0.3 is 15.2 Å². The summed E-state index contributed by atoms with van der Waals surface area (Å²) in [7, 11) is 0. The van der Waals surface area contributed by atoms with Crippen molar-refractivity contribution in [1.29, 1.82) is 0 Å². The molecule has 1 aromatic carbocycles. The lowest BCUT2D eigenvalue weighted by atomic mass is 9.78. The second-order valence-electron chi connectivity index (χ2n) is 6.93. The summed E-state index contributed by atoms with van der Waals surface area (Å²) in [5, 5.41) is 12.3. The second-order valence-corrected chi connectivity index (χ2v) is 6.93. The Morgan fingerprint density at radius 2 is 1.76 bits per heavy atom. The van der Waals surface area contributed by atoms with Crippen LogP contribution in [0.1, 0.15) is 43.0 Å². The fourth-order valence-corrected chi connectivity index (χ4v) is 4.22. The highest BCUT2D eigenvalue weighted by atomic mass is 16.5. The Kier molecular flexibility index (Phi) is 5.06. The first kappa shape index (κ1) is 17.5. The van der Waals surface area contributed by atoms with Crippen LogP contribution in [0, 0.1) is 23.7 Å². The number of amides is 1. The number of rotatable bonds is 6. The van der Waals surface area contributed by atoms with Crippen LogP contribution in [-0.4, -0.2) is 29.6 Å². The Labute approximate surface area is 146 Å². The Bertz CT molecular complexity index is 669. The van der Waals surface area contributed by atoms with E-state index in [1.165, 1.54) is 0 Å². The van der Waals surface area contributed by atoms with Gasteiger partial charge in [-0.05, 0) is 61.8 Å². The lowest BCUT2D eigenvalue weighted by molar-refractivity contribution is -0.148. The van der Waals surface area contributed by atoms with Crippen molar-refractivity contribution >= 4 is 23.5 Å². The van der Waals surface area contributed by atoms with Gasteiger partial charge >= 0.3 is 11.9 Å². The van der Waals surface area contributed by atoms with Gasteiger partial charge in [0.2, 0.25) is 5.91 Å². The van der Waals surface area contributed by atoms with Crippen LogP contribution in [0.25, 0.3) is 0 Å². The van der Waals surface area contributed by atoms with E-state index >= 15 is 0 Å². The lowest BCUT2D eigenvalue weighted by Gasteiger charge is -2.27. The van der Waals surface area contributed by atoms with Crippen molar-refractivity contribution in [2.75, 3.05) is 11.9 Å². The Hall–Kier alpha value is -2.37. The normalized spacial score (nSPS) is 27.1. The number of ether oxygens (including phenoxy) is 1. The zero-order chi connectivity index (χ0) is 18.0. The molecule has 4 atom stereocenters. The minimum Gasteiger partial charge on any atom is -0.481 e. The summed E-state index contributed by atoms with van der Waals surface area (Å²) >= 11 is 0. The van der Waals surface area contributed by atoms with Gasteiger partial charge in [0.15, 0.2) is 0 Å². The van der Waals surface area contributed by atoms with Gasteiger partial charge in [-0.1, -0.05) is 6.92 Å². The minimum absolute atomic E-state index is 0.119. The van der Waals surface area contributed by atoms with Crippen molar-refractivity contribution in [2.45, 2.75) is 32.6 Å². The predicted molar refractivity (Wildman–Crippen MR) is 91.1 cm³/mol. The molecule has 6 heteroatoms. The molecule has 2 saturated carbocycles. The molecular weight excluding hydrogens is 322 g/mol. The topological polar surface area (TPSA) is 92.7 Å². The first-order chi connectivity index (χ1) is 12.0. The van der Waals surface area contributed by atoms with E-state index in [-0.39, 0.29) is 17.7 Å². The summed E-state index contributed by atoms with van der Waals surface area (Å²) in [5.74, 6) is -2.27. The molecule has 1 amide bonds. The average Bonchev–Trinajstić information content (AvgIpc) is 3.21. The van der Waals surface area contributed by atoms with E-state index in [0.717, 1.165) is 25.7 Å². The highest BCUT2D eigenvalue weighted by Gasteiger charge is 2.53. The number of carbonyl (C=O) groups excluding carboxylic acids is 2. The van der Waals surface area contributed by atoms with Crippen molar-refractivity contribution in [3.8, 4) is 0 Å². The zero-order valence-corrected chi connectivity index (χ0v) is 14.2. The molecule has 2 aliphatic rings. The number of carboxylic acid groups (broad SMARTS) is 1. The van der Waals surface area contributed by atoms with Crippen LogP contribution in [0.2, 0.25) is 0 Å². The van der Waals surface area contributed by atoms with Crippen molar-refractivity contribution in [3.05, 3.63) is 29.8 Å². The fourth-order valence-electron chi connectivity index (χ4n) is 4.22. The van der Waals surface area contributed by atoms with E-state index in [1.807, 2.05) is 6.92 Å². The fraction of sp³-hybridized carbons (Fsp3) is 0.526. The van der Waals surface area contributed by atoms with E-state index in [1.54, 1.807) is 24.3 Å². The van der Waals surface area contributed by atoms with E-state index < -0.39 is 23.8 Å². The molecule has 2 N–H and O–H groups in total. The van der Waals surface area contributed by atoms with E-state index in [4.69, 9.17) is 4.74 Å². The smallest absolute Gasteiger partial charge is 0.338 e. The standard InChI is InChI=1S/C19H23NO5/c1-2-9-25-19(24)11-5-7-14(8-6-11)20-17(21)15-12-3-4-13(10-12)16(15)18(22)23/h5-8,12-13,15-16H,2-4,9-10H2,1H3,(H,20,21)(H,22,23)/t12-,13-,15-,16+/m0/s1. The number of carbonyl (C=O) groups is 3. The van der Waals surface area contributed by atoms with Crippen molar-refractivity contribution < 1.29 is 24.2 Å². The van der Waals surface area contributed by atoms with Crippen molar-refractivity contribution in [2.24, 2.45) is 23.7 Å². The van der Waals surface area contributed by atoms with Crippen LogP contribution in [-0.2, 0) is 14.3 Å². The van der Waals surface area contributed by atoms with Crippen LogP contribution >= 0.6 is 0 Å². The molecule has 0 heterocycles. The molecule has 0 unspecified atom stereocenters. The number of anilines is 1. The van der Waals surface area contributed by atoms with Crippen molar-refractivity contribution in [1.82, 2.24) is 0 Å². The largest absolute Gasteiger partial charge is 0.481 e. The number of carboxylic acids is 1. The number of fused-ring (bicyclic) bond motifs is 2. The van der Waals surface area contributed by atoms with E-state index in [2.05, 4.69) is 5.32 Å². The van der Waals surface area contributed by atoms with E-state index in [0.29, 0.717) is 17.9 Å². The molecule has 0 saturated heterocycles. The highest BCUT2D eigenvalue weighted by molar-refractivity contribution is 5.96. The van der Waals surface area contributed by atoms with Gasteiger partial charge in [-0.15, -0.1) is 0 Å². The lowest BCUT2D eigenvalue weighted by Crippen LogP contribution is -2.37. The molecule has 6 nitrogen and oxygen atoms in total. The molecule has 0 spiro atoms. The number of hydrogen-bond acceptors (Lipinski definition) is 4. The highest BCUT2D eigenvalue weighted by Crippen LogP contribution is 2.52. The molecule has 134 valence electrons. The summed E-state index contributed by atoms with van der Waals surface area (Å²) in [6.07, 6.45) is 3.42. The zero-order valence-electron chi connectivity index (χ0n) is 14.2. The Morgan fingerprint density at radius 1 is 1.12 bits per heavy atom. The number of benzene rings is 1. The van der Waals surface area contributed by atoms with Crippen LogP contribution in [0.15, 0.2) is 24.3 Å². The molecule has 3 rings (SSSR count). The van der Waals surface area contributed by atoms with Gasteiger partial charge in [-0.3, -0.25) is 9.59 Å². The van der Waals surface area contributed by atoms with Crippen LogP contribution in [0.5, 0.6) is 0 Å². The van der Waals surface area contributed by atoms with Crippen molar-refractivity contribution in [3.63, 3.8) is 0 Å². The first-order valence-corrected chi connectivity index (χ1v) is 8.82. The van der Waals surface area contributed by atoms with Gasteiger partial charge in [0.05, 0.1) is 24.0 Å².